The second-order valence-corrected chi connectivity index (χ2v) is 9.43. The lowest BCUT2D eigenvalue weighted by Crippen LogP contribution is -2.61. The zero-order valence-electron chi connectivity index (χ0n) is 14.2. The summed E-state index contributed by atoms with van der Waals surface area (Å²) in [5.41, 5.74) is 0.363. The molecule has 1 N–H and O–H groups in total. The van der Waals surface area contributed by atoms with E-state index in [2.05, 4.69) is 19.2 Å². The molecule has 0 aromatic heterocycles. The van der Waals surface area contributed by atoms with E-state index in [0.717, 1.165) is 32.1 Å². The van der Waals surface area contributed by atoms with Crippen LogP contribution in [0.4, 0.5) is 0 Å². The van der Waals surface area contributed by atoms with Crippen molar-refractivity contribution in [3.05, 3.63) is 0 Å². The molecule has 4 heteroatoms. The molecule has 23 heavy (non-hydrogen) atoms. The van der Waals surface area contributed by atoms with Crippen LogP contribution in [0, 0.1) is 34.5 Å². The smallest absolute Gasteiger partial charge is 0.225 e. The third kappa shape index (κ3) is 2.14. The van der Waals surface area contributed by atoms with Gasteiger partial charge in [-0.05, 0) is 85.1 Å². The Labute approximate surface area is 143 Å². The summed E-state index contributed by atoms with van der Waals surface area (Å²) in [7, 11) is 0. The maximum Gasteiger partial charge on any atom is 0.225 e. The summed E-state index contributed by atoms with van der Waals surface area (Å²) in [4.78, 5) is 23.7. The zero-order chi connectivity index (χ0) is 16.4. The molecule has 4 rings (SSSR count). The molecule has 0 unspecified atom stereocenters. The first-order chi connectivity index (χ1) is 10.9. The van der Waals surface area contributed by atoms with Crippen molar-refractivity contribution in [1.29, 1.82) is 0 Å². The van der Waals surface area contributed by atoms with Crippen molar-refractivity contribution in [1.82, 2.24) is 5.32 Å². The minimum absolute atomic E-state index is 0.0618. The number of rotatable bonds is 1. The average molecular weight is 338 g/mol. The van der Waals surface area contributed by atoms with E-state index in [4.69, 9.17) is 11.6 Å². The summed E-state index contributed by atoms with van der Waals surface area (Å²) in [6.45, 7) is 4.73. The van der Waals surface area contributed by atoms with Gasteiger partial charge in [-0.1, -0.05) is 13.8 Å². The van der Waals surface area contributed by atoms with Gasteiger partial charge in [-0.15, -0.1) is 0 Å². The summed E-state index contributed by atoms with van der Waals surface area (Å²) in [6.07, 6.45) is 8.48. The largest absolute Gasteiger partial charge is 0.353 e. The van der Waals surface area contributed by atoms with Crippen molar-refractivity contribution < 1.29 is 9.59 Å². The van der Waals surface area contributed by atoms with Gasteiger partial charge in [0.05, 0.1) is 0 Å². The Balaban J connectivity index is 1.63. The first-order valence-corrected chi connectivity index (χ1v) is 9.73. The molecule has 4 fully saturated rings. The van der Waals surface area contributed by atoms with Gasteiger partial charge in [-0.2, -0.15) is 0 Å². The molecule has 3 saturated carbocycles. The van der Waals surface area contributed by atoms with Crippen molar-refractivity contribution in [3.8, 4) is 0 Å². The molecule has 4 aliphatic rings. The summed E-state index contributed by atoms with van der Waals surface area (Å²) >= 11 is 5.94. The number of nitrogens with one attached hydrogen (secondary N) is 1. The second kappa shape index (κ2) is 5.21. The van der Waals surface area contributed by atoms with Crippen LogP contribution in [0.3, 0.4) is 0 Å². The van der Waals surface area contributed by atoms with Crippen LogP contribution < -0.4 is 5.32 Å². The van der Waals surface area contributed by atoms with E-state index < -0.39 is 0 Å². The fraction of sp³-hybridized carbons (Fsp3) is 0.895. The van der Waals surface area contributed by atoms with E-state index in [1.807, 2.05) is 0 Å². The molecule has 3 nitrogen and oxygen atoms in total. The topological polar surface area (TPSA) is 46.2 Å². The molecule has 7 atom stereocenters. The summed E-state index contributed by atoms with van der Waals surface area (Å²) in [5, 5.41) is 3.16. The van der Waals surface area contributed by atoms with Crippen molar-refractivity contribution in [2.45, 2.75) is 71.3 Å². The average Bonchev–Trinajstić information content (AvgIpc) is 2.85. The number of hydrogen-bond donors (Lipinski definition) is 1. The molecular formula is C19H28ClNO2. The quantitative estimate of drug-likeness (QED) is 0.738. The standard InChI is InChI=1S/C19H28ClNO2/c1-18-9-7-13-11(12(18)4-5-14(18)17(20)23)3-6-15-19(13,2)10-8-16(22)21-15/h11-15H,3-10H2,1-2H3,(H,21,22)/t11-,12-,13-,14+,15+,18-,19+/m0/s1. The minimum Gasteiger partial charge on any atom is -0.353 e. The van der Waals surface area contributed by atoms with E-state index >= 15 is 0 Å². The highest BCUT2D eigenvalue weighted by Crippen LogP contribution is 2.65. The predicted octanol–water partition coefficient (Wildman–Crippen LogP) is 3.89. The molecule has 1 aliphatic heterocycles. The van der Waals surface area contributed by atoms with Gasteiger partial charge in [0.15, 0.2) is 0 Å². The monoisotopic (exact) mass is 337 g/mol. The summed E-state index contributed by atoms with van der Waals surface area (Å²) in [6, 6.07) is 0.362. The van der Waals surface area contributed by atoms with Crippen molar-refractivity contribution in [2.24, 2.45) is 34.5 Å². The molecule has 1 heterocycles. The second-order valence-electron chi connectivity index (χ2n) is 9.06. The SMILES string of the molecule is C[C@]12CCC(=O)N[C@@H]1CC[C@@H]1[C@@H]2CC[C@]2(C)[C@@H](C(=O)Cl)CC[C@@H]12. The van der Waals surface area contributed by atoms with Gasteiger partial charge in [0, 0.05) is 18.4 Å². The van der Waals surface area contributed by atoms with Crippen LogP contribution in [0.1, 0.15) is 65.2 Å². The fourth-order valence-corrected chi connectivity index (χ4v) is 7.43. The minimum atomic E-state index is -0.113. The van der Waals surface area contributed by atoms with Crippen LogP contribution in [0.15, 0.2) is 0 Å². The van der Waals surface area contributed by atoms with Crippen molar-refractivity contribution >= 4 is 22.8 Å². The molecule has 0 spiro atoms. The highest BCUT2D eigenvalue weighted by Gasteiger charge is 2.61. The molecule has 0 aromatic rings. The maximum absolute atomic E-state index is 11.9. The van der Waals surface area contributed by atoms with E-state index in [0.29, 0.717) is 30.2 Å². The number of carbonyl (C=O) groups excluding carboxylic acids is 2. The Morgan fingerprint density at radius 2 is 1.78 bits per heavy atom. The van der Waals surface area contributed by atoms with Gasteiger partial charge in [0.1, 0.15) is 0 Å². The van der Waals surface area contributed by atoms with Crippen LogP contribution >= 0.6 is 11.6 Å². The molecule has 3 aliphatic carbocycles. The van der Waals surface area contributed by atoms with E-state index in [1.54, 1.807) is 0 Å². The molecule has 1 amide bonds. The van der Waals surface area contributed by atoms with Gasteiger partial charge in [-0.3, -0.25) is 9.59 Å². The van der Waals surface area contributed by atoms with Gasteiger partial charge < -0.3 is 5.32 Å². The van der Waals surface area contributed by atoms with Crippen molar-refractivity contribution in [2.75, 3.05) is 0 Å². The van der Waals surface area contributed by atoms with Gasteiger partial charge in [-0.25, -0.2) is 0 Å². The molecule has 0 radical (unpaired) electrons. The van der Waals surface area contributed by atoms with Gasteiger partial charge in [0.25, 0.3) is 0 Å². The lowest BCUT2D eigenvalue weighted by atomic mass is 9.47. The first kappa shape index (κ1) is 15.9. The normalized spacial score (nSPS) is 52.1. The van der Waals surface area contributed by atoms with Gasteiger partial charge in [0.2, 0.25) is 11.1 Å². The number of piperidine rings is 1. The summed E-state index contributed by atoms with van der Waals surface area (Å²) < 4.78 is 0. The van der Waals surface area contributed by atoms with Crippen LogP contribution in [-0.4, -0.2) is 17.2 Å². The van der Waals surface area contributed by atoms with Crippen molar-refractivity contribution in [3.63, 3.8) is 0 Å². The molecule has 0 aromatic carbocycles. The third-order valence-electron chi connectivity index (χ3n) is 8.37. The van der Waals surface area contributed by atoms with E-state index in [9.17, 15) is 9.59 Å². The molecular weight excluding hydrogens is 310 g/mol. The third-order valence-corrected chi connectivity index (χ3v) is 8.63. The Morgan fingerprint density at radius 1 is 1.04 bits per heavy atom. The molecule has 0 bridgehead atoms. The Hall–Kier alpha value is -0.570. The Bertz CT molecular complexity index is 549. The highest BCUT2D eigenvalue weighted by atomic mass is 35.5. The highest BCUT2D eigenvalue weighted by molar-refractivity contribution is 6.64. The predicted molar refractivity (Wildman–Crippen MR) is 89.9 cm³/mol. The Kier molecular flexibility index (Phi) is 3.61. The van der Waals surface area contributed by atoms with E-state index in [-0.39, 0.29) is 27.9 Å². The van der Waals surface area contributed by atoms with Crippen LogP contribution in [0.2, 0.25) is 0 Å². The first-order valence-electron chi connectivity index (χ1n) is 9.35. The van der Waals surface area contributed by atoms with Crippen LogP contribution in [0.5, 0.6) is 0 Å². The number of fused-ring (bicyclic) bond motifs is 5. The molecule has 128 valence electrons. The fourth-order valence-electron chi connectivity index (χ4n) is 7.08. The lowest BCUT2D eigenvalue weighted by Gasteiger charge is -2.60. The number of halogens is 1. The van der Waals surface area contributed by atoms with Gasteiger partial charge >= 0.3 is 0 Å². The number of amides is 1. The van der Waals surface area contributed by atoms with E-state index in [1.165, 1.54) is 12.8 Å². The lowest BCUT2D eigenvalue weighted by molar-refractivity contribution is -0.138. The summed E-state index contributed by atoms with van der Waals surface area (Å²) in [5.74, 6) is 2.35. The van der Waals surface area contributed by atoms with Crippen LogP contribution in [0.25, 0.3) is 0 Å². The maximum atomic E-state index is 11.9. The number of hydrogen-bond acceptors (Lipinski definition) is 2. The Morgan fingerprint density at radius 3 is 2.52 bits per heavy atom. The zero-order valence-corrected chi connectivity index (χ0v) is 15.0. The number of carbonyl (C=O) groups is 2. The molecule has 1 saturated heterocycles. The van der Waals surface area contributed by atoms with Crippen LogP contribution in [-0.2, 0) is 9.59 Å².